The summed E-state index contributed by atoms with van der Waals surface area (Å²) in [6, 6.07) is 2.93. The van der Waals surface area contributed by atoms with Crippen molar-refractivity contribution in [2.75, 3.05) is 0 Å². The summed E-state index contributed by atoms with van der Waals surface area (Å²) in [6.45, 7) is 7.71. The van der Waals surface area contributed by atoms with Gasteiger partial charge in [0, 0.05) is 11.6 Å². The second-order valence-corrected chi connectivity index (χ2v) is 7.28. The van der Waals surface area contributed by atoms with Gasteiger partial charge in [-0.15, -0.1) is 0 Å². The molecule has 1 unspecified atom stereocenters. The van der Waals surface area contributed by atoms with Crippen LogP contribution in [0.25, 0.3) is 0 Å². The van der Waals surface area contributed by atoms with E-state index in [4.69, 9.17) is 5.14 Å². The van der Waals surface area contributed by atoms with Crippen LogP contribution in [-0.4, -0.2) is 20.4 Å². The van der Waals surface area contributed by atoms with Crippen molar-refractivity contribution in [1.29, 1.82) is 0 Å². The van der Waals surface area contributed by atoms with Gasteiger partial charge in [0.1, 0.15) is 10.7 Å². The van der Waals surface area contributed by atoms with E-state index in [0.717, 1.165) is 12.1 Å². The number of primary sulfonamides is 1. The fraction of sp³-hybridized carbons (Fsp3) is 0.462. The van der Waals surface area contributed by atoms with Crippen LogP contribution in [0.4, 0.5) is 4.39 Å². The van der Waals surface area contributed by atoms with Crippen molar-refractivity contribution >= 4 is 15.9 Å². The van der Waals surface area contributed by atoms with E-state index in [1.807, 2.05) is 27.7 Å². The van der Waals surface area contributed by atoms with E-state index in [9.17, 15) is 17.6 Å². The molecule has 0 aliphatic rings. The molecule has 7 heteroatoms. The molecule has 0 aromatic heterocycles. The number of rotatable bonds is 3. The monoisotopic (exact) mass is 302 g/mol. The average molecular weight is 302 g/mol. The molecule has 5 nitrogen and oxygen atoms in total. The summed E-state index contributed by atoms with van der Waals surface area (Å²) < 4.78 is 35.8. The molecule has 0 saturated carbocycles. The van der Waals surface area contributed by atoms with E-state index in [2.05, 4.69) is 5.32 Å². The van der Waals surface area contributed by atoms with Gasteiger partial charge >= 0.3 is 0 Å². The van der Waals surface area contributed by atoms with E-state index in [-0.39, 0.29) is 17.0 Å². The highest BCUT2D eigenvalue weighted by Crippen LogP contribution is 2.20. The van der Waals surface area contributed by atoms with E-state index in [0.29, 0.717) is 0 Å². The first-order valence-electron chi connectivity index (χ1n) is 6.06. The van der Waals surface area contributed by atoms with Gasteiger partial charge in [0.05, 0.1) is 0 Å². The maximum Gasteiger partial charge on any atom is 0.251 e. The first-order valence-corrected chi connectivity index (χ1v) is 7.61. The number of nitrogens with two attached hydrogens (primary N) is 1. The normalized spacial score (nSPS) is 13.9. The van der Waals surface area contributed by atoms with Crippen molar-refractivity contribution in [3.8, 4) is 0 Å². The van der Waals surface area contributed by atoms with Crippen LogP contribution in [0.15, 0.2) is 23.1 Å². The third-order valence-corrected chi connectivity index (χ3v) is 4.07. The van der Waals surface area contributed by atoms with Gasteiger partial charge in [0.2, 0.25) is 10.0 Å². The Labute approximate surface area is 118 Å². The molecule has 0 heterocycles. The van der Waals surface area contributed by atoms with Gasteiger partial charge in [0.15, 0.2) is 0 Å². The third-order valence-electron chi connectivity index (χ3n) is 3.15. The number of sulfonamides is 1. The molecule has 0 fully saturated rings. The van der Waals surface area contributed by atoms with Crippen LogP contribution in [0.2, 0.25) is 0 Å². The zero-order valence-electron chi connectivity index (χ0n) is 11.9. The molecule has 0 radical (unpaired) electrons. The quantitative estimate of drug-likeness (QED) is 0.889. The van der Waals surface area contributed by atoms with E-state index < -0.39 is 26.6 Å². The lowest BCUT2D eigenvalue weighted by Crippen LogP contribution is -2.41. The molecule has 0 spiro atoms. The second kappa shape index (κ2) is 5.49. The van der Waals surface area contributed by atoms with Gasteiger partial charge in [0.25, 0.3) is 5.91 Å². The van der Waals surface area contributed by atoms with Crippen molar-refractivity contribution in [2.24, 2.45) is 10.6 Å². The van der Waals surface area contributed by atoms with Crippen LogP contribution < -0.4 is 10.5 Å². The van der Waals surface area contributed by atoms with Gasteiger partial charge in [-0.2, -0.15) is 0 Å². The van der Waals surface area contributed by atoms with Crippen molar-refractivity contribution in [1.82, 2.24) is 5.32 Å². The Morgan fingerprint density at radius 2 is 1.90 bits per heavy atom. The third kappa shape index (κ3) is 4.01. The lowest BCUT2D eigenvalue weighted by molar-refractivity contribution is 0.0910. The second-order valence-electron chi connectivity index (χ2n) is 5.75. The smallest absolute Gasteiger partial charge is 0.251 e. The number of hydrogen-bond acceptors (Lipinski definition) is 3. The van der Waals surface area contributed by atoms with Crippen molar-refractivity contribution in [3.05, 3.63) is 29.6 Å². The summed E-state index contributed by atoms with van der Waals surface area (Å²) in [6.07, 6.45) is 0. The van der Waals surface area contributed by atoms with Gasteiger partial charge in [-0.25, -0.2) is 17.9 Å². The molecule has 0 aliphatic heterocycles. The number of amides is 1. The predicted octanol–water partition coefficient (Wildman–Crippen LogP) is 1.64. The first kappa shape index (κ1) is 16.6. The molecule has 112 valence electrons. The summed E-state index contributed by atoms with van der Waals surface area (Å²) in [4.78, 5) is 11.3. The molecule has 1 atom stereocenters. The molecule has 0 aliphatic carbocycles. The highest BCUT2D eigenvalue weighted by molar-refractivity contribution is 7.89. The summed E-state index contributed by atoms with van der Waals surface area (Å²) in [5, 5.41) is 7.63. The van der Waals surface area contributed by atoms with Crippen LogP contribution >= 0.6 is 0 Å². The topological polar surface area (TPSA) is 89.3 Å². The average Bonchev–Trinajstić information content (AvgIpc) is 2.26. The minimum absolute atomic E-state index is 0.0477. The van der Waals surface area contributed by atoms with Crippen molar-refractivity contribution < 1.29 is 17.6 Å². The summed E-state index contributed by atoms with van der Waals surface area (Å²) in [7, 11) is -4.20. The molecule has 0 bridgehead atoms. The molecular weight excluding hydrogens is 283 g/mol. The number of hydrogen-bond donors (Lipinski definition) is 2. The fourth-order valence-electron chi connectivity index (χ4n) is 1.36. The molecule has 1 aromatic rings. The number of halogens is 1. The minimum Gasteiger partial charge on any atom is -0.349 e. The maximum atomic E-state index is 13.4. The molecule has 1 rings (SSSR count). The lowest BCUT2D eigenvalue weighted by Gasteiger charge is -2.28. The zero-order valence-corrected chi connectivity index (χ0v) is 12.7. The van der Waals surface area contributed by atoms with E-state index >= 15 is 0 Å². The molecule has 1 aromatic carbocycles. The Morgan fingerprint density at radius 1 is 1.35 bits per heavy atom. The fourth-order valence-corrected chi connectivity index (χ4v) is 1.99. The molecule has 3 N–H and O–H groups in total. The molecular formula is C13H19FN2O3S. The highest BCUT2D eigenvalue weighted by atomic mass is 32.2. The van der Waals surface area contributed by atoms with Gasteiger partial charge in [-0.3, -0.25) is 4.79 Å². The Bertz CT molecular complexity index is 621. The Kier molecular flexibility index (Phi) is 4.55. The highest BCUT2D eigenvalue weighted by Gasteiger charge is 2.23. The Hall–Kier alpha value is -1.47. The van der Waals surface area contributed by atoms with Crippen LogP contribution in [0.1, 0.15) is 38.1 Å². The van der Waals surface area contributed by atoms with Crippen LogP contribution in [-0.2, 0) is 10.0 Å². The number of benzene rings is 1. The Morgan fingerprint density at radius 3 is 2.35 bits per heavy atom. The molecule has 1 amide bonds. The van der Waals surface area contributed by atoms with Crippen molar-refractivity contribution in [3.63, 3.8) is 0 Å². The van der Waals surface area contributed by atoms with Gasteiger partial charge < -0.3 is 5.32 Å². The minimum atomic E-state index is -4.20. The first-order chi connectivity index (χ1) is 8.93. The number of carbonyl (C=O) groups is 1. The van der Waals surface area contributed by atoms with Crippen molar-refractivity contribution in [2.45, 2.75) is 38.6 Å². The SMILES string of the molecule is CC(NC(=O)c1ccc(F)c(S(N)(=O)=O)c1)C(C)(C)C. The van der Waals surface area contributed by atoms with Gasteiger partial charge in [-0.1, -0.05) is 20.8 Å². The van der Waals surface area contributed by atoms with Gasteiger partial charge in [-0.05, 0) is 30.5 Å². The summed E-state index contributed by atoms with van der Waals surface area (Å²) in [5.41, 5.74) is -0.107. The zero-order chi connectivity index (χ0) is 15.7. The Balaban J connectivity index is 3.08. The number of nitrogens with one attached hydrogen (secondary N) is 1. The van der Waals surface area contributed by atoms with Crippen LogP contribution in [0, 0.1) is 11.2 Å². The lowest BCUT2D eigenvalue weighted by atomic mass is 9.88. The van der Waals surface area contributed by atoms with Crippen LogP contribution in [0.3, 0.4) is 0 Å². The maximum absolute atomic E-state index is 13.4. The van der Waals surface area contributed by atoms with Crippen LogP contribution in [0.5, 0.6) is 0 Å². The van der Waals surface area contributed by atoms with E-state index in [1.54, 1.807) is 0 Å². The summed E-state index contributed by atoms with van der Waals surface area (Å²) >= 11 is 0. The predicted molar refractivity (Wildman–Crippen MR) is 74.2 cm³/mol. The largest absolute Gasteiger partial charge is 0.349 e. The standard InChI is InChI=1S/C13H19FN2O3S/c1-8(13(2,3)4)16-12(17)9-5-6-10(14)11(7-9)20(15,18)19/h5-8H,1-4H3,(H,16,17)(H2,15,18,19). The summed E-state index contributed by atoms with van der Waals surface area (Å²) in [5.74, 6) is -1.45. The number of carbonyl (C=O) groups excluding carboxylic acids is 1. The molecule has 0 saturated heterocycles. The van der Waals surface area contributed by atoms with E-state index in [1.165, 1.54) is 6.07 Å². The molecule has 20 heavy (non-hydrogen) atoms.